The summed E-state index contributed by atoms with van der Waals surface area (Å²) in [5.74, 6) is 0.519. The van der Waals surface area contributed by atoms with Gasteiger partial charge < -0.3 is 10.2 Å². The molecule has 0 aliphatic carbocycles. The molecule has 28 heavy (non-hydrogen) atoms. The molecule has 0 bridgehead atoms. The van der Waals surface area contributed by atoms with Crippen LogP contribution in [0.3, 0.4) is 0 Å². The highest BCUT2D eigenvalue weighted by Gasteiger charge is 2.17. The van der Waals surface area contributed by atoms with Crippen molar-refractivity contribution in [3.8, 4) is 6.07 Å². The second-order valence-corrected chi connectivity index (χ2v) is 7.60. The van der Waals surface area contributed by atoms with Crippen molar-refractivity contribution in [2.24, 2.45) is 0 Å². The van der Waals surface area contributed by atoms with Crippen LogP contribution < -0.4 is 10.2 Å². The minimum atomic E-state index is 0.0316. The lowest BCUT2D eigenvalue weighted by atomic mass is 10.0. The third-order valence-electron chi connectivity index (χ3n) is 5.18. The van der Waals surface area contributed by atoms with E-state index in [2.05, 4.69) is 47.2 Å². The molecule has 146 valence electrons. The number of nitrogens with zero attached hydrogens (tertiary/aromatic N) is 3. The van der Waals surface area contributed by atoms with Gasteiger partial charge in [0.05, 0.1) is 18.2 Å². The minimum Gasteiger partial charge on any atom is -0.370 e. The topological polar surface area (TPSA) is 59.4 Å². The Morgan fingerprint density at radius 3 is 2.39 bits per heavy atom. The van der Waals surface area contributed by atoms with Gasteiger partial charge >= 0.3 is 0 Å². The monoisotopic (exact) mass is 376 g/mol. The fraction of sp³-hybridized carbons (Fsp3) is 0.391. The number of anilines is 2. The molecule has 0 radical (unpaired) electrons. The third-order valence-corrected chi connectivity index (χ3v) is 5.18. The number of rotatable bonds is 5. The van der Waals surface area contributed by atoms with Gasteiger partial charge in [0, 0.05) is 37.6 Å². The molecule has 0 atom stereocenters. The third kappa shape index (κ3) is 5.34. The van der Waals surface area contributed by atoms with E-state index >= 15 is 0 Å². The van der Waals surface area contributed by atoms with Crippen LogP contribution >= 0.6 is 0 Å². The molecule has 3 rings (SSSR count). The van der Waals surface area contributed by atoms with Crippen LogP contribution in [-0.4, -0.2) is 43.5 Å². The highest BCUT2D eigenvalue weighted by molar-refractivity contribution is 5.92. The molecule has 5 nitrogen and oxygen atoms in total. The zero-order valence-corrected chi connectivity index (χ0v) is 16.7. The Bertz CT molecular complexity index is 821. The maximum absolute atomic E-state index is 12.4. The first-order valence-electron chi connectivity index (χ1n) is 9.92. The van der Waals surface area contributed by atoms with Crippen LogP contribution in [0.2, 0.25) is 0 Å². The molecule has 1 amide bonds. The molecule has 0 spiro atoms. The van der Waals surface area contributed by atoms with E-state index in [4.69, 9.17) is 5.26 Å². The van der Waals surface area contributed by atoms with Gasteiger partial charge in [0.2, 0.25) is 5.91 Å². The van der Waals surface area contributed by atoms with E-state index < -0.39 is 0 Å². The Labute approximate surface area is 167 Å². The highest BCUT2D eigenvalue weighted by atomic mass is 16.2. The minimum absolute atomic E-state index is 0.0316. The summed E-state index contributed by atoms with van der Waals surface area (Å²) in [7, 11) is 0. The first-order chi connectivity index (χ1) is 13.5. The van der Waals surface area contributed by atoms with E-state index in [9.17, 15) is 4.79 Å². The van der Waals surface area contributed by atoms with Gasteiger partial charge in [0.1, 0.15) is 0 Å². The Balaban J connectivity index is 1.51. The van der Waals surface area contributed by atoms with Crippen molar-refractivity contribution in [2.45, 2.75) is 26.2 Å². The number of benzene rings is 2. The first-order valence-corrected chi connectivity index (χ1v) is 9.92. The van der Waals surface area contributed by atoms with Crippen molar-refractivity contribution in [3.63, 3.8) is 0 Å². The predicted octanol–water partition coefficient (Wildman–Crippen LogP) is 3.83. The molecular formula is C23H28N4O. The largest absolute Gasteiger partial charge is 0.370 e. The molecule has 0 unspecified atom stereocenters. The second-order valence-electron chi connectivity index (χ2n) is 7.60. The van der Waals surface area contributed by atoms with Gasteiger partial charge in [0.15, 0.2) is 0 Å². The Hall–Kier alpha value is -2.84. The van der Waals surface area contributed by atoms with Gasteiger partial charge in [-0.1, -0.05) is 26.0 Å². The Morgan fingerprint density at radius 1 is 1.04 bits per heavy atom. The first kappa shape index (κ1) is 19.9. The SMILES string of the molecule is CC(C)c1ccc(NC(=O)CN2CCCN(c3ccc(C#N)cc3)CC2)cc1. The summed E-state index contributed by atoms with van der Waals surface area (Å²) >= 11 is 0. The number of nitrogens with one attached hydrogen (secondary N) is 1. The standard InChI is InChI=1S/C23H28N4O/c1-18(2)20-6-8-21(9-7-20)25-23(28)17-26-12-3-13-27(15-14-26)22-10-4-19(16-24)5-11-22/h4-11,18H,3,12-15,17H2,1-2H3,(H,25,28). The molecule has 5 heteroatoms. The fourth-order valence-electron chi connectivity index (χ4n) is 3.49. The number of carbonyl (C=O) groups is 1. The molecule has 1 aliphatic rings. The highest BCUT2D eigenvalue weighted by Crippen LogP contribution is 2.18. The Morgan fingerprint density at radius 2 is 1.75 bits per heavy atom. The van der Waals surface area contributed by atoms with Gasteiger partial charge in [-0.25, -0.2) is 0 Å². The zero-order chi connectivity index (χ0) is 19.9. The van der Waals surface area contributed by atoms with Gasteiger partial charge in [-0.05, 0) is 54.3 Å². The van der Waals surface area contributed by atoms with E-state index in [0.717, 1.165) is 44.0 Å². The van der Waals surface area contributed by atoms with Crippen LogP contribution in [0.4, 0.5) is 11.4 Å². The van der Waals surface area contributed by atoms with Crippen LogP contribution in [0, 0.1) is 11.3 Å². The lowest BCUT2D eigenvalue weighted by Crippen LogP contribution is -2.36. The Kier molecular flexibility index (Phi) is 6.67. The summed E-state index contributed by atoms with van der Waals surface area (Å²) in [5, 5.41) is 11.9. The number of carbonyl (C=O) groups excluding carboxylic acids is 1. The van der Waals surface area contributed by atoms with Crippen molar-refractivity contribution in [1.82, 2.24) is 4.90 Å². The number of amides is 1. The maximum atomic E-state index is 12.4. The average Bonchev–Trinajstić information content (AvgIpc) is 2.94. The lowest BCUT2D eigenvalue weighted by Gasteiger charge is -2.23. The van der Waals surface area contributed by atoms with Gasteiger partial charge in [-0.15, -0.1) is 0 Å². The molecular weight excluding hydrogens is 348 g/mol. The summed E-state index contributed by atoms with van der Waals surface area (Å²) < 4.78 is 0. The number of hydrogen-bond donors (Lipinski definition) is 1. The average molecular weight is 377 g/mol. The molecule has 1 N–H and O–H groups in total. The summed E-state index contributed by atoms with van der Waals surface area (Å²) in [6, 6.07) is 18.0. The van der Waals surface area contributed by atoms with E-state index in [1.54, 1.807) is 0 Å². The molecule has 1 aliphatic heterocycles. The van der Waals surface area contributed by atoms with E-state index in [1.165, 1.54) is 5.56 Å². The van der Waals surface area contributed by atoms with E-state index in [-0.39, 0.29) is 5.91 Å². The smallest absolute Gasteiger partial charge is 0.238 e. The molecule has 2 aromatic rings. The molecule has 0 aromatic heterocycles. The summed E-state index contributed by atoms with van der Waals surface area (Å²) in [5.41, 5.74) is 3.94. The van der Waals surface area contributed by atoms with E-state index in [0.29, 0.717) is 18.0 Å². The fourth-order valence-corrected chi connectivity index (χ4v) is 3.49. The van der Waals surface area contributed by atoms with Gasteiger partial charge in [-0.2, -0.15) is 5.26 Å². The van der Waals surface area contributed by atoms with Crippen LogP contribution in [0.15, 0.2) is 48.5 Å². The zero-order valence-electron chi connectivity index (χ0n) is 16.7. The van der Waals surface area contributed by atoms with Gasteiger partial charge in [-0.3, -0.25) is 9.69 Å². The van der Waals surface area contributed by atoms with E-state index in [1.807, 2.05) is 36.4 Å². The summed E-state index contributed by atoms with van der Waals surface area (Å²) in [6.07, 6.45) is 1.01. The van der Waals surface area contributed by atoms with Crippen LogP contribution in [0.25, 0.3) is 0 Å². The normalized spacial score (nSPS) is 15.1. The van der Waals surface area contributed by atoms with Crippen molar-refractivity contribution >= 4 is 17.3 Å². The quantitative estimate of drug-likeness (QED) is 0.861. The van der Waals surface area contributed by atoms with Crippen molar-refractivity contribution < 1.29 is 4.79 Å². The second kappa shape index (κ2) is 9.38. The molecule has 0 saturated carbocycles. The van der Waals surface area contributed by atoms with Gasteiger partial charge in [0.25, 0.3) is 0 Å². The predicted molar refractivity (Wildman–Crippen MR) is 114 cm³/mol. The molecule has 1 fully saturated rings. The number of hydrogen-bond acceptors (Lipinski definition) is 4. The maximum Gasteiger partial charge on any atom is 0.238 e. The van der Waals surface area contributed by atoms with Crippen LogP contribution in [-0.2, 0) is 4.79 Å². The summed E-state index contributed by atoms with van der Waals surface area (Å²) in [4.78, 5) is 17.0. The summed E-state index contributed by atoms with van der Waals surface area (Å²) in [6.45, 7) is 8.32. The van der Waals surface area contributed by atoms with Crippen LogP contribution in [0.1, 0.15) is 37.3 Å². The molecule has 1 heterocycles. The lowest BCUT2D eigenvalue weighted by molar-refractivity contribution is -0.117. The molecule has 1 saturated heterocycles. The van der Waals surface area contributed by atoms with Crippen molar-refractivity contribution in [2.75, 3.05) is 42.9 Å². The molecule has 2 aromatic carbocycles. The number of nitriles is 1. The van der Waals surface area contributed by atoms with Crippen LogP contribution in [0.5, 0.6) is 0 Å². The van der Waals surface area contributed by atoms with Crippen molar-refractivity contribution in [1.29, 1.82) is 5.26 Å². The van der Waals surface area contributed by atoms with Crippen molar-refractivity contribution in [3.05, 3.63) is 59.7 Å².